The van der Waals surface area contributed by atoms with Crippen LogP contribution in [0.3, 0.4) is 0 Å². The van der Waals surface area contributed by atoms with Gasteiger partial charge in [0.1, 0.15) is 11.9 Å². The number of fused-ring (bicyclic) bond motifs is 1. The minimum Gasteiger partial charge on any atom is -0.441 e. The lowest BCUT2D eigenvalue weighted by molar-refractivity contribution is 0.0963. The summed E-state index contributed by atoms with van der Waals surface area (Å²) in [5.74, 6) is 3.36. The van der Waals surface area contributed by atoms with Crippen molar-refractivity contribution in [2.45, 2.75) is 6.10 Å². The molecule has 23 heavy (non-hydrogen) atoms. The van der Waals surface area contributed by atoms with Gasteiger partial charge in [0.15, 0.2) is 0 Å². The highest BCUT2D eigenvalue weighted by molar-refractivity contribution is 7.99. The quantitative estimate of drug-likeness (QED) is 0.913. The predicted molar refractivity (Wildman–Crippen MR) is 87.6 cm³/mol. The number of halogens is 1. The number of nitrogens with zero attached hydrogens (tertiary/aromatic N) is 2. The second kappa shape index (κ2) is 5.87. The maximum absolute atomic E-state index is 14.6. The number of carbonyl (C=O) groups excluding carboxylic acids is 1. The van der Waals surface area contributed by atoms with Crippen molar-refractivity contribution < 1.29 is 19.0 Å². The van der Waals surface area contributed by atoms with Gasteiger partial charge in [-0.3, -0.25) is 4.90 Å². The standard InChI is InChI=1S/C16H19FN2O3S/c17-14-3-12(19-6-13(7-20)22-16(19)21)1-2-15(14)18-4-10-8-23-9-11(10)5-18/h1-3,10-11,13,20H,4-9H2. The Kier molecular flexibility index (Phi) is 3.85. The van der Waals surface area contributed by atoms with E-state index in [0.29, 0.717) is 23.2 Å². The summed E-state index contributed by atoms with van der Waals surface area (Å²) in [5.41, 5.74) is 1.08. The molecule has 0 radical (unpaired) electrons. The van der Waals surface area contributed by atoms with Gasteiger partial charge >= 0.3 is 6.09 Å². The summed E-state index contributed by atoms with van der Waals surface area (Å²) >= 11 is 1.99. The lowest BCUT2D eigenvalue weighted by Crippen LogP contribution is -2.26. The minimum absolute atomic E-state index is 0.225. The average molecular weight is 338 g/mol. The third-order valence-electron chi connectivity index (χ3n) is 4.90. The number of hydrogen-bond donors (Lipinski definition) is 1. The second-order valence-electron chi connectivity index (χ2n) is 6.40. The molecule has 3 aliphatic rings. The Balaban J connectivity index is 1.52. The van der Waals surface area contributed by atoms with Crippen molar-refractivity contribution in [1.82, 2.24) is 0 Å². The van der Waals surface area contributed by atoms with Gasteiger partial charge in [-0.25, -0.2) is 9.18 Å². The zero-order chi connectivity index (χ0) is 16.0. The zero-order valence-corrected chi connectivity index (χ0v) is 13.5. The third-order valence-corrected chi connectivity index (χ3v) is 6.23. The molecule has 3 saturated heterocycles. The highest BCUT2D eigenvalue weighted by atomic mass is 32.2. The Morgan fingerprint density at radius 1 is 1.26 bits per heavy atom. The third kappa shape index (κ3) is 2.65. The van der Waals surface area contributed by atoms with Crippen LogP contribution in [0.15, 0.2) is 18.2 Å². The monoisotopic (exact) mass is 338 g/mol. The molecule has 1 aromatic carbocycles. The number of ether oxygens (including phenoxy) is 1. The topological polar surface area (TPSA) is 53.0 Å². The van der Waals surface area contributed by atoms with Gasteiger partial charge in [0, 0.05) is 13.1 Å². The van der Waals surface area contributed by atoms with E-state index in [1.165, 1.54) is 22.5 Å². The molecule has 3 aliphatic heterocycles. The molecule has 3 fully saturated rings. The van der Waals surface area contributed by atoms with Crippen molar-refractivity contribution in [3.8, 4) is 0 Å². The normalized spacial score (nSPS) is 30.0. The number of benzene rings is 1. The molecule has 0 spiro atoms. The molecule has 3 unspecified atom stereocenters. The predicted octanol–water partition coefficient (Wildman–Crippen LogP) is 1.94. The van der Waals surface area contributed by atoms with Crippen molar-refractivity contribution in [3.63, 3.8) is 0 Å². The van der Waals surface area contributed by atoms with Gasteiger partial charge in [-0.15, -0.1) is 0 Å². The smallest absolute Gasteiger partial charge is 0.414 e. The molecule has 1 amide bonds. The van der Waals surface area contributed by atoms with E-state index >= 15 is 0 Å². The zero-order valence-electron chi connectivity index (χ0n) is 12.7. The molecular weight excluding hydrogens is 319 g/mol. The van der Waals surface area contributed by atoms with Crippen LogP contribution in [-0.4, -0.2) is 55.1 Å². The summed E-state index contributed by atoms with van der Waals surface area (Å²) in [7, 11) is 0. The summed E-state index contributed by atoms with van der Waals surface area (Å²) in [4.78, 5) is 15.3. The summed E-state index contributed by atoms with van der Waals surface area (Å²) in [5, 5.41) is 9.08. The fraction of sp³-hybridized carbons (Fsp3) is 0.562. The Bertz CT molecular complexity index is 617. The molecule has 0 saturated carbocycles. The van der Waals surface area contributed by atoms with Crippen molar-refractivity contribution in [1.29, 1.82) is 0 Å². The Hall–Kier alpha value is -1.47. The van der Waals surface area contributed by atoms with Crippen LogP contribution in [0.4, 0.5) is 20.6 Å². The molecule has 3 heterocycles. The van der Waals surface area contributed by atoms with Gasteiger partial charge in [-0.05, 0) is 41.5 Å². The van der Waals surface area contributed by atoms with Gasteiger partial charge < -0.3 is 14.7 Å². The number of aliphatic hydroxyl groups excluding tert-OH is 1. The van der Waals surface area contributed by atoms with Crippen molar-refractivity contribution >= 4 is 29.2 Å². The van der Waals surface area contributed by atoms with E-state index in [4.69, 9.17) is 9.84 Å². The SMILES string of the molecule is O=C1OC(CO)CN1c1ccc(N2CC3CSCC3C2)c(F)c1. The summed E-state index contributed by atoms with van der Waals surface area (Å²) < 4.78 is 19.6. The van der Waals surface area contributed by atoms with Gasteiger partial charge in [-0.1, -0.05) is 0 Å². The maximum Gasteiger partial charge on any atom is 0.414 e. The molecule has 0 aliphatic carbocycles. The number of hydrogen-bond acceptors (Lipinski definition) is 5. The van der Waals surface area contributed by atoms with Crippen LogP contribution >= 0.6 is 11.8 Å². The molecular formula is C16H19FN2O3S. The summed E-state index contributed by atoms with van der Waals surface area (Å²) in [6, 6.07) is 4.89. The molecule has 4 rings (SSSR count). The van der Waals surface area contributed by atoms with E-state index in [9.17, 15) is 9.18 Å². The fourth-order valence-electron chi connectivity index (χ4n) is 3.63. The molecule has 0 bridgehead atoms. The van der Waals surface area contributed by atoms with Gasteiger partial charge in [-0.2, -0.15) is 11.8 Å². The van der Waals surface area contributed by atoms with E-state index in [-0.39, 0.29) is 19.0 Å². The van der Waals surface area contributed by atoms with E-state index < -0.39 is 12.2 Å². The first-order chi connectivity index (χ1) is 11.2. The molecule has 1 aromatic rings. The highest BCUT2D eigenvalue weighted by Crippen LogP contribution is 2.39. The molecule has 124 valence electrons. The van der Waals surface area contributed by atoms with Gasteiger partial charge in [0.2, 0.25) is 0 Å². The van der Waals surface area contributed by atoms with Crippen LogP contribution in [0.1, 0.15) is 0 Å². The van der Waals surface area contributed by atoms with Crippen molar-refractivity contribution in [3.05, 3.63) is 24.0 Å². The van der Waals surface area contributed by atoms with E-state index in [2.05, 4.69) is 4.90 Å². The average Bonchev–Trinajstić information content (AvgIpc) is 3.20. The van der Waals surface area contributed by atoms with E-state index in [1.54, 1.807) is 12.1 Å². The Morgan fingerprint density at radius 2 is 2.00 bits per heavy atom. The number of aliphatic hydroxyl groups is 1. The molecule has 3 atom stereocenters. The number of anilines is 2. The first kappa shape index (κ1) is 15.1. The lowest BCUT2D eigenvalue weighted by atomic mass is 10.0. The maximum atomic E-state index is 14.6. The molecule has 0 aromatic heterocycles. The Morgan fingerprint density at radius 3 is 2.61 bits per heavy atom. The number of amides is 1. The molecule has 5 nitrogen and oxygen atoms in total. The van der Waals surface area contributed by atoms with Crippen LogP contribution in [-0.2, 0) is 4.74 Å². The van der Waals surface area contributed by atoms with E-state index in [0.717, 1.165) is 13.1 Å². The van der Waals surface area contributed by atoms with Gasteiger partial charge in [0.25, 0.3) is 0 Å². The lowest BCUT2D eigenvalue weighted by Gasteiger charge is -2.22. The van der Waals surface area contributed by atoms with Crippen molar-refractivity contribution in [2.24, 2.45) is 11.8 Å². The fourth-order valence-corrected chi connectivity index (χ4v) is 5.13. The number of cyclic esters (lactones) is 1. The van der Waals surface area contributed by atoms with Crippen LogP contribution in [0.25, 0.3) is 0 Å². The van der Waals surface area contributed by atoms with E-state index in [1.807, 2.05) is 11.8 Å². The minimum atomic E-state index is -0.541. The van der Waals surface area contributed by atoms with Crippen LogP contribution in [0, 0.1) is 17.7 Å². The number of thioether (sulfide) groups is 1. The summed E-state index contributed by atoms with van der Waals surface area (Å²) in [6.45, 7) is 1.84. The first-order valence-corrected chi connectivity index (χ1v) is 9.02. The van der Waals surface area contributed by atoms with Gasteiger partial charge in [0.05, 0.1) is 24.5 Å². The number of rotatable bonds is 3. The molecule has 7 heteroatoms. The first-order valence-electron chi connectivity index (χ1n) is 7.87. The van der Waals surface area contributed by atoms with Crippen LogP contribution in [0.2, 0.25) is 0 Å². The Labute approximate surface area is 138 Å². The second-order valence-corrected chi connectivity index (χ2v) is 7.47. The number of carbonyl (C=O) groups is 1. The van der Waals surface area contributed by atoms with Crippen LogP contribution in [0.5, 0.6) is 0 Å². The molecule has 1 N–H and O–H groups in total. The highest BCUT2D eigenvalue weighted by Gasteiger charge is 2.38. The van der Waals surface area contributed by atoms with Crippen LogP contribution < -0.4 is 9.80 Å². The summed E-state index contributed by atoms with van der Waals surface area (Å²) in [6.07, 6.45) is -1.08. The largest absolute Gasteiger partial charge is 0.441 e. The van der Waals surface area contributed by atoms with Crippen molar-refractivity contribution in [2.75, 3.05) is 47.5 Å².